The Balaban J connectivity index is 1.67. The van der Waals surface area contributed by atoms with Crippen molar-refractivity contribution in [3.05, 3.63) is 65.6 Å². The predicted molar refractivity (Wildman–Crippen MR) is 113 cm³/mol. The van der Waals surface area contributed by atoms with Crippen molar-refractivity contribution in [1.29, 1.82) is 0 Å². The van der Waals surface area contributed by atoms with E-state index in [4.69, 9.17) is 0 Å². The van der Waals surface area contributed by atoms with Gasteiger partial charge in [-0.2, -0.15) is 13.2 Å². The lowest BCUT2D eigenvalue weighted by Crippen LogP contribution is -2.06. The van der Waals surface area contributed by atoms with Crippen LogP contribution in [0.4, 0.5) is 24.7 Å². The van der Waals surface area contributed by atoms with Crippen molar-refractivity contribution < 1.29 is 23.1 Å². The number of aromatic carboxylic acids is 1. The molecule has 1 fully saturated rings. The number of anilines is 2. The number of carboxylic acids is 1. The first-order valence-corrected chi connectivity index (χ1v) is 10.0. The van der Waals surface area contributed by atoms with Crippen LogP contribution in [0.2, 0.25) is 0 Å². The molecule has 9 heteroatoms. The molecule has 0 aliphatic heterocycles. The van der Waals surface area contributed by atoms with Gasteiger partial charge in [0.25, 0.3) is 0 Å². The van der Waals surface area contributed by atoms with Gasteiger partial charge in [-0.25, -0.2) is 19.7 Å². The Morgan fingerprint density at radius 1 is 1.09 bits per heavy atom. The van der Waals surface area contributed by atoms with Crippen LogP contribution in [0.1, 0.15) is 34.6 Å². The summed E-state index contributed by atoms with van der Waals surface area (Å²) in [5.41, 5.74) is 0.323. The van der Waals surface area contributed by atoms with E-state index in [1.165, 1.54) is 24.3 Å². The average Bonchev–Trinajstić information content (AvgIpc) is 3.57. The fourth-order valence-electron chi connectivity index (χ4n) is 3.63. The van der Waals surface area contributed by atoms with Crippen molar-refractivity contribution >= 4 is 39.3 Å². The van der Waals surface area contributed by atoms with E-state index in [1.54, 1.807) is 12.3 Å². The molecule has 5 rings (SSSR count). The highest BCUT2D eigenvalue weighted by Crippen LogP contribution is 2.35. The van der Waals surface area contributed by atoms with Crippen LogP contribution in [0.5, 0.6) is 0 Å². The molecule has 1 aliphatic carbocycles. The smallest absolute Gasteiger partial charge is 0.416 e. The molecule has 0 atom stereocenters. The largest absolute Gasteiger partial charge is 0.478 e. The van der Waals surface area contributed by atoms with Crippen LogP contribution in [0.25, 0.3) is 21.8 Å². The summed E-state index contributed by atoms with van der Waals surface area (Å²) in [5.74, 6) is 0.347. The Kier molecular flexibility index (Phi) is 4.69. The highest BCUT2D eigenvalue weighted by atomic mass is 19.4. The molecule has 6 nitrogen and oxygen atoms in total. The van der Waals surface area contributed by atoms with Crippen molar-refractivity contribution in [2.75, 3.05) is 5.32 Å². The Morgan fingerprint density at radius 2 is 1.91 bits per heavy atom. The Hall–Kier alpha value is -3.75. The summed E-state index contributed by atoms with van der Waals surface area (Å²) in [6.45, 7) is 0. The van der Waals surface area contributed by atoms with Crippen LogP contribution in [0.15, 0.2) is 48.7 Å². The molecule has 2 aromatic carbocycles. The number of aromatic nitrogens is 3. The van der Waals surface area contributed by atoms with E-state index < -0.39 is 17.7 Å². The number of carbonyl (C=O) groups is 1. The molecule has 1 saturated carbocycles. The molecule has 0 bridgehead atoms. The number of fused-ring (bicyclic) bond motifs is 3. The minimum absolute atomic E-state index is 0.0561. The van der Waals surface area contributed by atoms with Gasteiger partial charge in [-0.15, -0.1) is 0 Å². The van der Waals surface area contributed by atoms with E-state index >= 15 is 0 Å². The zero-order chi connectivity index (χ0) is 22.5. The third-order valence-electron chi connectivity index (χ3n) is 5.45. The maximum Gasteiger partial charge on any atom is 0.416 e. The van der Waals surface area contributed by atoms with Crippen LogP contribution >= 0.6 is 0 Å². The van der Waals surface area contributed by atoms with E-state index in [1.807, 2.05) is 0 Å². The minimum Gasteiger partial charge on any atom is -0.478 e. The van der Waals surface area contributed by atoms with Crippen molar-refractivity contribution in [1.82, 2.24) is 15.0 Å². The lowest BCUT2D eigenvalue weighted by atomic mass is 10.1. The van der Waals surface area contributed by atoms with Gasteiger partial charge in [-0.3, -0.25) is 0 Å². The van der Waals surface area contributed by atoms with E-state index in [0.717, 1.165) is 31.4 Å². The van der Waals surface area contributed by atoms with Crippen LogP contribution in [-0.2, 0) is 12.6 Å². The summed E-state index contributed by atoms with van der Waals surface area (Å²) in [6, 6.07) is 9.35. The first kappa shape index (κ1) is 20.2. The summed E-state index contributed by atoms with van der Waals surface area (Å²) in [4.78, 5) is 25.0. The quantitative estimate of drug-likeness (QED) is 0.395. The summed E-state index contributed by atoms with van der Waals surface area (Å²) < 4.78 is 39.4. The van der Waals surface area contributed by atoms with E-state index in [2.05, 4.69) is 20.3 Å². The molecule has 4 aromatic rings. The molecular formula is C23H17F3N4O2. The van der Waals surface area contributed by atoms with Gasteiger partial charge in [0, 0.05) is 29.1 Å². The maximum absolute atomic E-state index is 13.1. The number of halogens is 3. The van der Waals surface area contributed by atoms with Crippen LogP contribution in [-0.4, -0.2) is 26.0 Å². The van der Waals surface area contributed by atoms with Crippen LogP contribution in [0, 0.1) is 5.92 Å². The molecule has 0 spiro atoms. The molecule has 0 unspecified atom stereocenters. The van der Waals surface area contributed by atoms with Gasteiger partial charge in [-0.05, 0) is 49.1 Å². The second kappa shape index (κ2) is 7.44. The third-order valence-corrected chi connectivity index (χ3v) is 5.45. The fraction of sp³-hybridized carbons (Fsp3) is 0.217. The minimum atomic E-state index is -4.48. The van der Waals surface area contributed by atoms with Gasteiger partial charge < -0.3 is 10.4 Å². The van der Waals surface area contributed by atoms with Gasteiger partial charge in [-0.1, -0.05) is 12.1 Å². The number of nitrogens with one attached hydrogen (secondary N) is 1. The Bertz CT molecular complexity index is 1370. The molecule has 32 heavy (non-hydrogen) atoms. The molecule has 1 aliphatic rings. The number of benzene rings is 2. The summed E-state index contributed by atoms with van der Waals surface area (Å²) in [5, 5.41) is 13.6. The van der Waals surface area contributed by atoms with Gasteiger partial charge in [0.15, 0.2) is 5.82 Å². The van der Waals surface area contributed by atoms with Gasteiger partial charge in [0.2, 0.25) is 0 Å². The summed E-state index contributed by atoms with van der Waals surface area (Å²) in [6.07, 6.45) is 0.179. The number of rotatable bonds is 5. The molecule has 0 radical (unpaired) electrons. The van der Waals surface area contributed by atoms with Crippen LogP contribution < -0.4 is 5.32 Å². The number of nitrogens with zero attached hydrogens (tertiary/aromatic N) is 3. The van der Waals surface area contributed by atoms with E-state index in [-0.39, 0.29) is 17.1 Å². The Morgan fingerprint density at radius 3 is 2.62 bits per heavy atom. The van der Waals surface area contributed by atoms with E-state index in [0.29, 0.717) is 33.5 Å². The Labute approximate surface area is 180 Å². The molecule has 162 valence electrons. The summed E-state index contributed by atoms with van der Waals surface area (Å²) >= 11 is 0. The summed E-state index contributed by atoms with van der Waals surface area (Å²) in [7, 11) is 0. The highest BCUT2D eigenvalue weighted by molar-refractivity contribution is 6.09. The van der Waals surface area contributed by atoms with Crippen molar-refractivity contribution in [3.63, 3.8) is 0 Å². The van der Waals surface area contributed by atoms with Gasteiger partial charge >= 0.3 is 12.1 Å². The maximum atomic E-state index is 13.1. The predicted octanol–water partition coefficient (Wildman–Crippen LogP) is 5.59. The number of carboxylic acid groups (broad SMARTS) is 1. The van der Waals surface area contributed by atoms with Crippen molar-refractivity contribution in [2.45, 2.75) is 25.4 Å². The third kappa shape index (κ3) is 3.93. The van der Waals surface area contributed by atoms with E-state index in [9.17, 15) is 23.1 Å². The molecular weight excluding hydrogens is 421 g/mol. The first-order chi connectivity index (χ1) is 15.3. The number of hydrogen-bond acceptors (Lipinski definition) is 5. The molecule has 0 saturated heterocycles. The molecule has 2 N–H and O–H groups in total. The number of pyridine rings is 1. The zero-order valence-electron chi connectivity index (χ0n) is 16.6. The van der Waals surface area contributed by atoms with Gasteiger partial charge in [0.05, 0.1) is 16.6 Å². The molecule has 2 heterocycles. The van der Waals surface area contributed by atoms with Crippen molar-refractivity contribution in [3.8, 4) is 0 Å². The topological polar surface area (TPSA) is 88.0 Å². The SMILES string of the molecule is O=C(O)c1ccc2c(c1)nc(Nc1cccc(C(F)(F)F)c1)c1nc(CC3CC3)ncc12. The molecule has 0 amide bonds. The monoisotopic (exact) mass is 438 g/mol. The van der Waals surface area contributed by atoms with Crippen LogP contribution in [0.3, 0.4) is 0 Å². The standard InChI is InChI=1S/C23H17F3N4O2/c24-23(25,26)14-2-1-3-15(10-14)28-21-20-17(11-27-19(30-20)8-12-4-5-12)16-7-6-13(22(31)32)9-18(16)29-21/h1-3,6-7,9-12H,4-5,8H2,(H,28,29)(H,31,32). The normalized spacial score (nSPS) is 14.1. The lowest BCUT2D eigenvalue weighted by molar-refractivity contribution is -0.137. The fourth-order valence-corrected chi connectivity index (χ4v) is 3.63. The lowest BCUT2D eigenvalue weighted by Gasteiger charge is -2.14. The highest BCUT2D eigenvalue weighted by Gasteiger charge is 2.30. The zero-order valence-corrected chi connectivity index (χ0v) is 16.6. The second-order valence-corrected chi connectivity index (χ2v) is 7.90. The average molecular weight is 438 g/mol. The number of hydrogen-bond donors (Lipinski definition) is 2. The molecule has 2 aromatic heterocycles. The van der Waals surface area contributed by atoms with Gasteiger partial charge in [0.1, 0.15) is 11.3 Å². The van der Waals surface area contributed by atoms with Crippen molar-refractivity contribution in [2.24, 2.45) is 5.92 Å². The first-order valence-electron chi connectivity index (χ1n) is 10.0. The number of alkyl halides is 3. The second-order valence-electron chi connectivity index (χ2n) is 7.90.